The van der Waals surface area contributed by atoms with Crippen LogP contribution in [0.3, 0.4) is 0 Å². The highest BCUT2D eigenvalue weighted by Crippen LogP contribution is 2.32. The third-order valence-electron chi connectivity index (χ3n) is 6.24. The molecular formula is C23H27F2N7O6. The molecule has 13 nitrogen and oxygen atoms in total. The Bertz CT molecular complexity index is 1160. The predicted octanol–water partition coefficient (Wildman–Crippen LogP) is 0.300. The number of amides is 3. The van der Waals surface area contributed by atoms with Gasteiger partial charge in [0, 0.05) is 44.7 Å². The number of cyclic esters (lactones) is 1. The average Bonchev–Trinajstić information content (AvgIpc) is 3.55. The Morgan fingerprint density at radius 2 is 1.87 bits per heavy atom. The Kier molecular flexibility index (Phi) is 8.33. The second kappa shape index (κ2) is 11.8. The van der Waals surface area contributed by atoms with E-state index < -0.39 is 35.7 Å². The topological polar surface area (TPSA) is 139 Å². The minimum Gasteiger partial charge on any atom is -0.469 e. The lowest BCUT2D eigenvalue weighted by molar-refractivity contribution is -0.141. The lowest BCUT2D eigenvalue weighted by Gasteiger charge is -2.36. The van der Waals surface area contributed by atoms with Crippen molar-refractivity contribution in [3.8, 4) is 0 Å². The van der Waals surface area contributed by atoms with Gasteiger partial charge in [-0.15, -0.1) is 0 Å². The van der Waals surface area contributed by atoms with E-state index in [1.54, 1.807) is 0 Å². The maximum Gasteiger partial charge on any atom is 0.414 e. The second-order valence-corrected chi connectivity index (χ2v) is 8.73. The molecule has 3 amide bonds. The Hall–Kier alpha value is -4.30. The maximum atomic E-state index is 15.0. The Morgan fingerprint density at radius 1 is 1.16 bits per heavy atom. The fourth-order valence-electron chi connectivity index (χ4n) is 4.26. The summed E-state index contributed by atoms with van der Waals surface area (Å²) in [5.41, 5.74) is -0.249. The van der Waals surface area contributed by atoms with Crippen LogP contribution in [0.15, 0.2) is 24.8 Å². The van der Waals surface area contributed by atoms with Crippen molar-refractivity contribution in [3.05, 3.63) is 36.4 Å². The van der Waals surface area contributed by atoms with Gasteiger partial charge in [0.2, 0.25) is 11.8 Å². The first-order chi connectivity index (χ1) is 18.2. The second-order valence-electron chi connectivity index (χ2n) is 8.73. The molecule has 1 aromatic carbocycles. The number of rotatable bonds is 9. The van der Waals surface area contributed by atoms with E-state index in [-0.39, 0.29) is 75.9 Å². The molecule has 2 saturated heterocycles. The van der Waals surface area contributed by atoms with Gasteiger partial charge in [-0.05, 0) is 6.42 Å². The van der Waals surface area contributed by atoms with Crippen molar-refractivity contribution in [2.45, 2.75) is 25.5 Å². The van der Waals surface area contributed by atoms with Gasteiger partial charge in [0.25, 0.3) is 0 Å². The highest BCUT2D eigenvalue weighted by Gasteiger charge is 2.34. The van der Waals surface area contributed by atoms with E-state index in [9.17, 15) is 19.2 Å². The number of ether oxygens (including phenoxy) is 2. The molecule has 0 bridgehead atoms. The van der Waals surface area contributed by atoms with Gasteiger partial charge < -0.3 is 24.6 Å². The van der Waals surface area contributed by atoms with Gasteiger partial charge >= 0.3 is 12.1 Å². The monoisotopic (exact) mass is 535 g/mol. The molecule has 1 aromatic heterocycles. The van der Waals surface area contributed by atoms with Crippen LogP contribution in [-0.4, -0.2) is 96.0 Å². The third kappa shape index (κ3) is 6.33. The van der Waals surface area contributed by atoms with Gasteiger partial charge in [-0.2, -0.15) is 5.10 Å². The summed E-state index contributed by atoms with van der Waals surface area (Å²) in [7, 11) is 1.25. The molecule has 0 aliphatic carbocycles. The Labute approximate surface area is 216 Å². The smallest absolute Gasteiger partial charge is 0.414 e. The summed E-state index contributed by atoms with van der Waals surface area (Å²) in [6.45, 7) is 0.526. The molecule has 1 atom stereocenters. The summed E-state index contributed by atoms with van der Waals surface area (Å²) in [5.74, 6) is -2.88. The highest BCUT2D eigenvalue weighted by molar-refractivity contribution is 5.90. The number of piperazine rings is 1. The van der Waals surface area contributed by atoms with Crippen LogP contribution in [-0.2, 0) is 30.4 Å². The fourth-order valence-corrected chi connectivity index (χ4v) is 4.26. The maximum absolute atomic E-state index is 15.0. The molecule has 2 aromatic rings. The Balaban J connectivity index is 1.30. The van der Waals surface area contributed by atoms with E-state index in [2.05, 4.69) is 20.1 Å². The Morgan fingerprint density at radius 3 is 2.50 bits per heavy atom. The van der Waals surface area contributed by atoms with Crippen molar-refractivity contribution in [2.75, 3.05) is 56.2 Å². The number of nitrogens with one attached hydrogen (secondary N) is 1. The average molecular weight is 536 g/mol. The van der Waals surface area contributed by atoms with Gasteiger partial charge in [-0.25, -0.2) is 23.2 Å². The van der Waals surface area contributed by atoms with E-state index in [1.807, 2.05) is 0 Å². The van der Waals surface area contributed by atoms with Gasteiger partial charge in [0.05, 0.1) is 25.9 Å². The molecule has 0 saturated carbocycles. The van der Waals surface area contributed by atoms with Crippen LogP contribution in [0.25, 0.3) is 0 Å². The van der Waals surface area contributed by atoms with E-state index in [0.717, 1.165) is 17.0 Å². The first-order valence-corrected chi connectivity index (χ1v) is 11.9. The summed E-state index contributed by atoms with van der Waals surface area (Å²) in [6.07, 6.45) is 1.59. The van der Waals surface area contributed by atoms with Crippen molar-refractivity contribution in [1.29, 1.82) is 0 Å². The number of anilines is 2. The molecule has 0 radical (unpaired) electrons. The van der Waals surface area contributed by atoms with Crippen LogP contribution >= 0.6 is 0 Å². The van der Waals surface area contributed by atoms with Crippen molar-refractivity contribution in [3.63, 3.8) is 0 Å². The molecule has 204 valence electrons. The van der Waals surface area contributed by atoms with Crippen molar-refractivity contribution in [1.82, 2.24) is 25.0 Å². The summed E-state index contributed by atoms with van der Waals surface area (Å²) < 4.78 is 41.2. The molecular weight excluding hydrogens is 508 g/mol. The first kappa shape index (κ1) is 26.8. The van der Waals surface area contributed by atoms with Crippen LogP contribution in [0.5, 0.6) is 0 Å². The number of nitrogens with zero attached hydrogens (tertiary/aromatic N) is 6. The van der Waals surface area contributed by atoms with Gasteiger partial charge in [-0.3, -0.25) is 19.3 Å². The van der Waals surface area contributed by atoms with Crippen LogP contribution < -0.4 is 15.1 Å². The molecule has 2 aliphatic rings. The number of halogens is 2. The number of carbonyl (C=O) groups is 4. The zero-order valence-corrected chi connectivity index (χ0v) is 20.6. The summed E-state index contributed by atoms with van der Waals surface area (Å²) >= 11 is 0. The van der Waals surface area contributed by atoms with Crippen LogP contribution in [0, 0.1) is 11.6 Å². The van der Waals surface area contributed by atoms with Crippen LogP contribution in [0.4, 0.5) is 25.0 Å². The summed E-state index contributed by atoms with van der Waals surface area (Å²) in [5, 5.41) is 6.33. The molecule has 15 heteroatoms. The number of aromatic nitrogens is 3. The fraction of sp³-hybridized carbons (Fsp3) is 0.478. The molecule has 0 spiro atoms. The van der Waals surface area contributed by atoms with Crippen LogP contribution in [0.1, 0.15) is 12.8 Å². The predicted molar refractivity (Wildman–Crippen MR) is 127 cm³/mol. The zero-order chi connectivity index (χ0) is 27.2. The standard InChI is InChI=1S/C23H27F2N7O6/c1-37-21(35)3-2-16-11-32(23(36)38-16)15-8-17(24)22(18(25)9-15)30-6-4-29(5-7-30)20(34)10-27-19(33)12-31-14-26-13-28-31/h8-9,13-14,16H,2-7,10-12H2,1H3,(H,27,33)/t16-/m0/s1. The van der Waals surface area contributed by atoms with Gasteiger partial charge in [-0.1, -0.05) is 0 Å². The highest BCUT2D eigenvalue weighted by atomic mass is 19.1. The molecule has 38 heavy (non-hydrogen) atoms. The normalized spacial score (nSPS) is 17.4. The zero-order valence-electron chi connectivity index (χ0n) is 20.6. The molecule has 2 fully saturated rings. The molecule has 1 N–H and O–H groups in total. The number of hydrogen-bond donors (Lipinski definition) is 1. The molecule has 0 unspecified atom stereocenters. The number of benzene rings is 1. The molecule has 4 rings (SSSR count). The van der Waals surface area contributed by atoms with Crippen molar-refractivity contribution < 1.29 is 37.4 Å². The van der Waals surface area contributed by atoms with Gasteiger partial charge in [0.15, 0.2) is 11.6 Å². The van der Waals surface area contributed by atoms with Crippen molar-refractivity contribution >= 4 is 35.3 Å². The molecule has 2 aliphatic heterocycles. The van der Waals surface area contributed by atoms with E-state index >= 15 is 8.78 Å². The number of hydrogen-bond acceptors (Lipinski definition) is 9. The number of carbonyl (C=O) groups excluding carboxylic acids is 4. The summed E-state index contributed by atoms with van der Waals surface area (Å²) in [4.78, 5) is 55.8. The number of esters is 1. The summed E-state index contributed by atoms with van der Waals surface area (Å²) in [6, 6.07) is 2.12. The minimum atomic E-state index is -0.856. The largest absolute Gasteiger partial charge is 0.469 e. The SMILES string of the molecule is COC(=O)CC[C@H]1CN(c2cc(F)c(N3CCN(C(=O)CNC(=O)Cn4cncn4)CC3)c(F)c2)C(=O)O1. The quantitative estimate of drug-likeness (QED) is 0.449. The lowest BCUT2D eigenvalue weighted by atomic mass is 10.1. The lowest BCUT2D eigenvalue weighted by Crippen LogP contribution is -2.51. The van der Waals surface area contributed by atoms with E-state index in [4.69, 9.17) is 4.74 Å². The first-order valence-electron chi connectivity index (χ1n) is 11.9. The van der Waals surface area contributed by atoms with Crippen molar-refractivity contribution in [2.24, 2.45) is 0 Å². The van der Waals surface area contributed by atoms with Crippen LogP contribution in [0.2, 0.25) is 0 Å². The molecule has 3 heterocycles. The third-order valence-corrected chi connectivity index (χ3v) is 6.24. The van der Waals surface area contributed by atoms with E-state index in [0.29, 0.717) is 0 Å². The minimum absolute atomic E-state index is 0.00441. The number of methoxy groups -OCH3 is 1. The van der Waals surface area contributed by atoms with E-state index in [1.165, 1.54) is 34.2 Å². The van der Waals surface area contributed by atoms with Gasteiger partial charge in [0.1, 0.15) is 31.0 Å².